The largest absolute Gasteiger partial charge is 0.494 e. The number of benzene rings is 2. The molecule has 28 heavy (non-hydrogen) atoms. The van der Waals surface area contributed by atoms with E-state index in [0.29, 0.717) is 49.1 Å². The van der Waals surface area contributed by atoms with Crippen molar-refractivity contribution in [1.82, 2.24) is 15.3 Å². The van der Waals surface area contributed by atoms with Crippen molar-refractivity contribution in [3.05, 3.63) is 70.8 Å². The van der Waals surface area contributed by atoms with Crippen LogP contribution in [0.2, 0.25) is 0 Å². The van der Waals surface area contributed by atoms with Gasteiger partial charge in [-0.15, -0.1) is 0 Å². The first-order chi connectivity index (χ1) is 13.7. The molecule has 0 radical (unpaired) electrons. The summed E-state index contributed by atoms with van der Waals surface area (Å²) in [6.07, 6.45) is 3.38. The summed E-state index contributed by atoms with van der Waals surface area (Å²) in [5.41, 5.74) is 0.547. The number of nitrogens with zero attached hydrogens (tertiary/aromatic N) is 1. The first-order valence-corrected chi connectivity index (χ1v) is 9.65. The van der Waals surface area contributed by atoms with E-state index in [2.05, 4.69) is 15.3 Å². The topological polar surface area (TPSA) is 84.1 Å². The lowest BCUT2D eigenvalue weighted by molar-refractivity contribution is -0.121. The molecule has 0 fully saturated rings. The van der Waals surface area contributed by atoms with Crippen molar-refractivity contribution in [3.63, 3.8) is 0 Å². The molecule has 0 aliphatic heterocycles. The van der Waals surface area contributed by atoms with Crippen LogP contribution in [0.5, 0.6) is 5.75 Å². The van der Waals surface area contributed by atoms with Crippen LogP contribution in [0.3, 0.4) is 0 Å². The highest BCUT2D eigenvalue weighted by Crippen LogP contribution is 2.09. The monoisotopic (exact) mass is 379 g/mol. The number of fused-ring (bicyclic) bond motifs is 1. The number of hydrogen-bond donors (Lipinski definition) is 2. The molecule has 1 amide bonds. The average molecular weight is 379 g/mol. The third kappa shape index (κ3) is 5.94. The predicted molar refractivity (Wildman–Crippen MR) is 109 cm³/mol. The molecule has 0 saturated heterocycles. The average Bonchev–Trinajstić information content (AvgIpc) is 2.71. The van der Waals surface area contributed by atoms with Crippen molar-refractivity contribution >= 4 is 16.8 Å². The summed E-state index contributed by atoms with van der Waals surface area (Å²) >= 11 is 0. The van der Waals surface area contributed by atoms with Crippen molar-refractivity contribution in [1.29, 1.82) is 0 Å². The van der Waals surface area contributed by atoms with Gasteiger partial charge in [0.25, 0.3) is 5.56 Å². The van der Waals surface area contributed by atoms with E-state index in [1.165, 1.54) is 0 Å². The summed E-state index contributed by atoms with van der Waals surface area (Å²) in [5.74, 6) is 1.51. The third-order valence-electron chi connectivity index (χ3n) is 4.38. The minimum absolute atomic E-state index is 0.0205. The Labute approximate surface area is 164 Å². The number of amides is 1. The van der Waals surface area contributed by atoms with Gasteiger partial charge in [0, 0.05) is 19.4 Å². The Hall–Kier alpha value is -3.15. The maximum absolute atomic E-state index is 12.0. The second-order valence-electron chi connectivity index (χ2n) is 6.60. The van der Waals surface area contributed by atoms with Gasteiger partial charge in [0.1, 0.15) is 11.6 Å². The number of ether oxygens (including phenoxy) is 1. The van der Waals surface area contributed by atoms with E-state index in [0.717, 1.165) is 18.6 Å². The first kappa shape index (κ1) is 19.6. The number of H-pyrrole nitrogens is 1. The minimum atomic E-state index is -0.136. The van der Waals surface area contributed by atoms with Crippen molar-refractivity contribution < 1.29 is 9.53 Å². The first-order valence-electron chi connectivity index (χ1n) is 9.65. The lowest BCUT2D eigenvalue weighted by Gasteiger charge is -2.07. The van der Waals surface area contributed by atoms with Gasteiger partial charge in [0.2, 0.25) is 5.91 Å². The summed E-state index contributed by atoms with van der Waals surface area (Å²) in [5, 5.41) is 3.51. The van der Waals surface area contributed by atoms with Gasteiger partial charge in [-0.25, -0.2) is 4.98 Å². The lowest BCUT2D eigenvalue weighted by atomic mass is 10.2. The number of aromatic amines is 1. The molecule has 0 unspecified atom stereocenters. The van der Waals surface area contributed by atoms with Crippen LogP contribution < -0.4 is 15.6 Å². The molecule has 0 atom stereocenters. The number of carbonyl (C=O) groups excluding carboxylic acids is 1. The van der Waals surface area contributed by atoms with Crippen LogP contribution >= 0.6 is 0 Å². The van der Waals surface area contributed by atoms with Crippen molar-refractivity contribution in [3.8, 4) is 5.75 Å². The standard InChI is InChI=1S/C22H25N3O3/c26-21(23-15-6-7-16-28-17-9-2-1-3-10-17)14-8-13-20-24-19-12-5-4-11-18(19)22(27)25-20/h1-5,9-12H,6-8,13-16H2,(H,23,26)(H,24,25,27). The number of para-hydroxylation sites is 2. The van der Waals surface area contributed by atoms with E-state index in [-0.39, 0.29) is 11.5 Å². The van der Waals surface area contributed by atoms with Crippen LogP contribution in [0, 0.1) is 0 Å². The summed E-state index contributed by atoms with van der Waals surface area (Å²) in [6.45, 7) is 1.28. The normalized spacial score (nSPS) is 10.7. The number of unbranched alkanes of at least 4 members (excludes halogenated alkanes) is 1. The Bertz CT molecular complexity index is 954. The zero-order chi connectivity index (χ0) is 19.6. The molecule has 0 spiro atoms. The van der Waals surface area contributed by atoms with E-state index in [1.807, 2.05) is 48.5 Å². The SMILES string of the molecule is O=C(CCCc1nc2ccccc2c(=O)[nH]1)NCCCCOc1ccccc1. The van der Waals surface area contributed by atoms with Crippen molar-refractivity contribution in [2.75, 3.05) is 13.2 Å². The van der Waals surface area contributed by atoms with E-state index in [1.54, 1.807) is 6.07 Å². The highest BCUT2D eigenvalue weighted by atomic mass is 16.5. The van der Waals surface area contributed by atoms with Crippen LogP contribution in [-0.2, 0) is 11.2 Å². The predicted octanol–water partition coefficient (Wildman–Crippen LogP) is 3.22. The zero-order valence-electron chi connectivity index (χ0n) is 15.8. The molecule has 6 nitrogen and oxygen atoms in total. The van der Waals surface area contributed by atoms with Crippen molar-refractivity contribution in [2.45, 2.75) is 32.1 Å². The molecule has 6 heteroatoms. The van der Waals surface area contributed by atoms with Crippen LogP contribution in [0.4, 0.5) is 0 Å². The molecule has 2 aromatic carbocycles. The quantitative estimate of drug-likeness (QED) is 0.530. The number of rotatable bonds is 10. The van der Waals surface area contributed by atoms with Gasteiger partial charge in [0.05, 0.1) is 17.5 Å². The third-order valence-corrected chi connectivity index (χ3v) is 4.38. The van der Waals surface area contributed by atoms with Crippen LogP contribution in [0.15, 0.2) is 59.4 Å². The second-order valence-corrected chi connectivity index (χ2v) is 6.60. The summed E-state index contributed by atoms with van der Waals surface area (Å²) in [6, 6.07) is 17.0. The molecule has 1 aromatic heterocycles. The van der Waals surface area contributed by atoms with Crippen LogP contribution in [-0.4, -0.2) is 29.0 Å². The molecule has 0 bridgehead atoms. The number of hydrogen-bond acceptors (Lipinski definition) is 4. The minimum Gasteiger partial charge on any atom is -0.494 e. The highest BCUT2D eigenvalue weighted by molar-refractivity contribution is 5.77. The molecule has 3 aromatic rings. The fourth-order valence-electron chi connectivity index (χ4n) is 2.92. The summed E-state index contributed by atoms with van der Waals surface area (Å²) < 4.78 is 5.62. The smallest absolute Gasteiger partial charge is 0.258 e. The second kappa shape index (κ2) is 10.3. The van der Waals surface area contributed by atoms with Gasteiger partial charge in [-0.3, -0.25) is 9.59 Å². The highest BCUT2D eigenvalue weighted by Gasteiger charge is 2.05. The fraction of sp³-hybridized carbons (Fsp3) is 0.318. The molecule has 2 N–H and O–H groups in total. The molecule has 146 valence electrons. The maximum atomic E-state index is 12.0. The Balaban J connectivity index is 1.30. The molecule has 3 rings (SSSR count). The van der Waals surface area contributed by atoms with Gasteiger partial charge in [-0.1, -0.05) is 30.3 Å². The lowest BCUT2D eigenvalue weighted by Crippen LogP contribution is -2.24. The Kier molecular flexibility index (Phi) is 7.18. The number of aryl methyl sites for hydroxylation is 1. The maximum Gasteiger partial charge on any atom is 0.258 e. The molecule has 0 aliphatic carbocycles. The van der Waals surface area contributed by atoms with Gasteiger partial charge in [-0.05, 0) is 43.5 Å². The Morgan fingerprint density at radius 2 is 1.79 bits per heavy atom. The zero-order valence-corrected chi connectivity index (χ0v) is 15.8. The molecular weight excluding hydrogens is 354 g/mol. The fourth-order valence-corrected chi connectivity index (χ4v) is 2.92. The van der Waals surface area contributed by atoms with Gasteiger partial charge < -0.3 is 15.0 Å². The van der Waals surface area contributed by atoms with E-state index in [4.69, 9.17) is 4.74 Å². The van der Waals surface area contributed by atoms with Crippen LogP contribution in [0.25, 0.3) is 10.9 Å². The van der Waals surface area contributed by atoms with Gasteiger partial charge >= 0.3 is 0 Å². The summed E-state index contributed by atoms with van der Waals surface area (Å²) in [7, 11) is 0. The van der Waals surface area contributed by atoms with E-state index < -0.39 is 0 Å². The molecule has 0 aliphatic rings. The van der Waals surface area contributed by atoms with Crippen LogP contribution in [0.1, 0.15) is 31.5 Å². The van der Waals surface area contributed by atoms with E-state index in [9.17, 15) is 9.59 Å². The number of carbonyl (C=O) groups is 1. The summed E-state index contributed by atoms with van der Waals surface area (Å²) in [4.78, 5) is 31.2. The Morgan fingerprint density at radius 3 is 2.64 bits per heavy atom. The van der Waals surface area contributed by atoms with E-state index >= 15 is 0 Å². The molecular formula is C22H25N3O3. The van der Waals surface area contributed by atoms with Gasteiger partial charge in [-0.2, -0.15) is 0 Å². The molecule has 1 heterocycles. The van der Waals surface area contributed by atoms with Gasteiger partial charge in [0.15, 0.2) is 0 Å². The molecule has 0 saturated carbocycles. The number of nitrogens with one attached hydrogen (secondary N) is 2. The number of aromatic nitrogens is 2. The van der Waals surface area contributed by atoms with Crippen molar-refractivity contribution in [2.24, 2.45) is 0 Å². The Morgan fingerprint density at radius 1 is 1.00 bits per heavy atom.